The van der Waals surface area contributed by atoms with Gasteiger partial charge >= 0.3 is 0 Å². The van der Waals surface area contributed by atoms with E-state index in [1.807, 2.05) is 18.3 Å². The van der Waals surface area contributed by atoms with Crippen molar-refractivity contribution in [3.05, 3.63) is 54.5 Å². The second-order valence-electron chi connectivity index (χ2n) is 7.74. The molecular formula is C22H23N9O. The molecule has 0 spiro atoms. The van der Waals surface area contributed by atoms with E-state index in [-0.39, 0.29) is 14.0 Å². The predicted octanol–water partition coefficient (Wildman–Crippen LogP) is 3.24. The minimum Gasteiger partial charge on any atom is -0.382 e. The van der Waals surface area contributed by atoms with Crippen LogP contribution in [0.4, 0.5) is 5.82 Å². The summed E-state index contributed by atoms with van der Waals surface area (Å²) < 4.78 is 7.07. The first kappa shape index (κ1) is 21.1. The number of hydrogen-bond donors (Lipinski definition) is 1. The maximum atomic E-state index is 8.83. The molecule has 1 aliphatic rings. The molecule has 4 aromatic rings. The van der Waals surface area contributed by atoms with Crippen LogP contribution in [0.25, 0.3) is 22.8 Å². The number of rotatable bonds is 6. The van der Waals surface area contributed by atoms with Crippen LogP contribution in [0.1, 0.15) is 38.6 Å². The summed E-state index contributed by atoms with van der Waals surface area (Å²) in [6.07, 6.45) is 10.5. The van der Waals surface area contributed by atoms with Crippen LogP contribution in [0.3, 0.4) is 0 Å². The van der Waals surface area contributed by atoms with Gasteiger partial charge in [0.15, 0.2) is 5.82 Å². The fraction of sp³-hybridized carbons (Fsp3) is 0.318. The lowest BCUT2D eigenvalue weighted by molar-refractivity contribution is 0.386. The summed E-state index contributed by atoms with van der Waals surface area (Å²) in [4.78, 5) is 17.6. The SMILES string of the molecule is C.C[C@@](c1ccc(-c2cnc(N)cn2)nc1)(c1noc(-c2cnn(CC#N)c2)n1)C1CC1. The maximum Gasteiger partial charge on any atom is 0.261 e. The van der Waals surface area contributed by atoms with Crippen LogP contribution in [0, 0.1) is 17.2 Å². The lowest BCUT2D eigenvalue weighted by atomic mass is 9.77. The Morgan fingerprint density at radius 2 is 1.97 bits per heavy atom. The van der Waals surface area contributed by atoms with Crippen LogP contribution < -0.4 is 5.73 Å². The van der Waals surface area contributed by atoms with Gasteiger partial charge < -0.3 is 10.3 Å². The summed E-state index contributed by atoms with van der Waals surface area (Å²) in [5, 5.41) is 17.3. The molecule has 0 radical (unpaired) electrons. The number of aromatic nitrogens is 7. The van der Waals surface area contributed by atoms with E-state index in [1.165, 1.54) is 10.9 Å². The van der Waals surface area contributed by atoms with E-state index >= 15 is 0 Å². The van der Waals surface area contributed by atoms with E-state index in [1.54, 1.807) is 18.6 Å². The van der Waals surface area contributed by atoms with Crippen LogP contribution >= 0.6 is 0 Å². The molecule has 0 bridgehead atoms. The van der Waals surface area contributed by atoms with Crippen LogP contribution in [0.15, 0.2) is 47.6 Å². The lowest BCUT2D eigenvalue weighted by Gasteiger charge is -2.26. The highest BCUT2D eigenvalue weighted by Crippen LogP contribution is 2.50. The Morgan fingerprint density at radius 1 is 1.16 bits per heavy atom. The van der Waals surface area contributed by atoms with Crippen molar-refractivity contribution in [2.45, 2.75) is 39.2 Å². The smallest absolute Gasteiger partial charge is 0.261 e. The average molecular weight is 429 g/mol. The molecule has 4 aromatic heterocycles. The molecule has 0 aromatic carbocycles. The minimum absolute atomic E-state index is 0. The summed E-state index contributed by atoms with van der Waals surface area (Å²) in [7, 11) is 0. The van der Waals surface area contributed by atoms with Gasteiger partial charge in [0, 0.05) is 12.4 Å². The van der Waals surface area contributed by atoms with Gasteiger partial charge in [0.1, 0.15) is 18.1 Å². The Morgan fingerprint density at radius 3 is 2.62 bits per heavy atom. The molecule has 1 atom stereocenters. The number of nitriles is 1. The Labute approximate surface area is 185 Å². The molecular weight excluding hydrogens is 406 g/mol. The van der Waals surface area contributed by atoms with Crippen molar-refractivity contribution in [3.8, 4) is 28.9 Å². The van der Waals surface area contributed by atoms with Crippen molar-refractivity contribution in [1.82, 2.24) is 34.9 Å². The zero-order valence-corrected chi connectivity index (χ0v) is 16.8. The zero-order chi connectivity index (χ0) is 21.4. The van der Waals surface area contributed by atoms with Crippen LogP contribution in [0.2, 0.25) is 0 Å². The molecule has 0 saturated heterocycles. The Bertz CT molecular complexity index is 1250. The molecule has 4 heterocycles. The first-order valence-electron chi connectivity index (χ1n) is 9.86. The molecule has 10 nitrogen and oxygen atoms in total. The fourth-order valence-corrected chi connectivity index (χ4v) is 3.72. The van der Waals surface area contributed by atoms with E-state index < -0.39 is 5.41 Å². The summed E-state index contributed by atoms with van der Waals surface area (Å²) in [5.41, 5.74) is 8.25. The van der Waals surface area contributed by atoms with Gasteiger partial charge in [-0.15, -0.1) is 0 Å². The molecule has 0 amide bonds. The second-order valence-corrected chi connectivity index (χ2v) is 7.74. The molecule has 1 fully saturated rings. The Balaban J connectivity index is 0.00000245. The van der Waals surface area contributed by atoms with Crippen LogP contribution in [-0.4, -0.2) is 34.9 Å². The highest BCUT2D eigenvalue weighted by Gasteiger charge is 2.47. The number of nitrogen functional groups attached to an aromatic ring is 1. The summed E-state index contributed by atoms with van der Waals surface area (Å²) in [5.74, 6) is 1.77. The number of nitrogens with zero attached hydrogens (tertiary/aromatic N) is 8. The normalized spacial score (nSPS) is 14.9. The molecule has 10 heteroatoms. The standard InChI is InChI=1S/C21H19N9O.CH4/c1-21(14-2-3-14,15-4-5-16(24-9-15)17-10-26-18(23)11-25-17)20-28-19(31-29-20)13-8-27-30(12-13)7-6-22;/h4-5,8-12,14H,2-3,7H2,1H3,(H2,23,26);1H4/t21-;/m1./s1. The van der Waals surface area contributed by atoms with E-state index in [9.17, 15) is 0 Å². The molecule has 0 unspecified atom stereocenters. The number of anilines is 1. The monoisotopic (exact) mass is 429 g/mol. The average Bonchev–Trinajstić information content (AvgIpc) is 3.35. The third-order valence-corrected chi connectivity index (χ3v) is 5.69. The topological polar surface area (TPSA) is 145 Å². The minimum atomic E-state index is -0.428. The molecule has 0 aliphatic heterocycles. The van der Waals surface area contributed by atoms with Crippen molar-refractivity contribution in [3.63, 3.8) is 0 Å². The third-order valence-electron chi connectivity index (χ3n) is 5.69. The molecule has 1 aliphatic carbocycles. The van der Waals surface area contributed by atoms with Crippen molar-refractivity contribution in [1.29, 1.82) is 5.26 Å². The molecule has 5 rings (SSSR count). The van der Waals surface area contributed by atoms with Crippen molar-refractivity contribution in [2.75, 3.05) is 5.73 Å². The highest BCUT2D eigenvalue weighted by molar-refractivity contribution is 5.55. The number of nitrogens with two attached hydrogens (primary N) is 1. The van der Waals surface area contributed by atoms with Crippen molar-refractivity contribution < 1.29 is 4.52 Å². The van der Waals surface area contributed by atoms with Crippen molar-refractivity contribution >= 4 is 5.82 Å². The first-order chi connectivity index (χ1) is 15.1. The fourth-order valence-electron chi connectivity index (χ4n) is 3.72. The summed E-state index contributed by atoms with van der Waals surface area (Å²) >= 11 is 0. The van der Waals surface area contributed by atoms with E-state index in [4.69, 9.17) is 15.5 Å². The van der Waals surface area contributed by atoms with Gasteiger partial charge in [0.25, 0.3) is 5.89 Å². The van der Waals surface area contributed by atoms with Crippen LogP contribution in [0.5, 0.6) is 0 Å². The van der Waals surface area contributed by atoms with Gasteiger partial charge in [-0.25, -0.2) is 9.97 Å². The Hall–Kier alpha value is -4.13. The van der Waals surface area contributed by atoms with Gasteiger partial charge in [0.2, 0.25) is 0 Å². The van der Waals surface area contributed by atoms with E-state index in [0.29, 0.717) is 40.4 Å². The lowest BCUT2D eigenvalue weighted by Crippen LogP contribution is -2.28. The van der Waals surface area contributed by atoms with Gasteiger partial charge in [-0.05, 0) is 37.3 Å². The largest absolute Gasteiger partial charge is 0.382 e. The summed E-state index contributed by atoms with van der Waals surface area (Å²) in [6, 6.07) is 6.00. The third kappa shape index (κ3) is 3.69. The predicted molar refractivity (Wildman–Crippen MR) is 117 cm³/mol. The van der Waals surface area contributed by atoms with Crippen LogP contribution in [-0.2, 0) is 12.0 Å². The molecule has 32 heavy (non-hydrogen) atoms. The van der Waals surface area contributed by atoms with Crippen molar-refractivity contribution in [2.24, 2.45) is 5.92 Å². The molecule has 2 N–H and O–H groups in total. The Kier molecular flexibility index (Phi) is 5.40. The highest BCUT2D eigenvalue weighted by atomic mass is 16.5. The first-order valence-corrected chi connectivity index (χ1v) is 9.86. The van der Waals surface area contributed by atoms with Gasteiger partial charge in [-0.2, -0.15) is 15.3 Å². The quantitative estimate of drug-likeness (QED) is 0.488. The zero-order valence-electron chi connectivity index (χ0n) is 16.8. The number of pyridine rings is 1. The molecule has 1 saturated carbocycles. The summed E-state index contributed by atoms with van der Waals surface area (Å²) in [6.45, 7) is 2.29. The molecule has 162 valence electrons. The van der Waals surface area contributed by atoms with E-state index in [0.717, 1.165) is 18.4 Å². The van der Waals surface area contributed by atoms with Gasteiger partial charge in [-0.1, -0.05) is 18.6 Å². The second kappa shape index (κ2) is 8.19. The number of hydrogen-bond acceptors (Lipinski definition) is 9. The maximum absolute atomic E-state index is 8.83. The van der Waals surface area contributed by atoms with Gasteiger partial charge in [0.05, 0.1) is 41.3 Å². The van der Waals surface area contributed by atoms with Gasteiger partial charge in [-0.3, -0.25) is 9.67 Å². The van der Waals surface area contributed by atoms with E-state index in [2.05, 4.69) is 43.2 Å².